The summed E-state index contributed by atoms with van der Waals surface area (Å²) >= 11 is 0. The zero-order chi connectivity index (χ0) is 25.2. The fourth-order valence-electron chi connectivity index (χ4n) is 9.45. The maximum Gasteiger partial charge on any atom is 0.310 e. The second-order valence-corrected chi connectivity index (χ2v) is 13.0. The van der Waals surface area contributed by atoms with E-state index in [2.05, 4.69) is 27.4 Å². The molecule has 5 fully saturated rings. The van der Waals surface area contributed by atoms with E-state index in [9.17, 15) is 14.7 Å². The third kappa shape index (κ3) is 2.67. The summed E-state index contributed by atoms with van der Waals surface area (Å²) in [6, 6.07) is 0. The van der Waals surface area contributed by atoms with E-state index in [0.717, 1.165) is 44.3 Å². The summed E-state index contributed by atoms with van der Waals surface area (Å²) in [7, 11) is 0. The predicted molar refractivity (Wildman–Crippen MR) is 129 cm³/mol. The molecule has 7 nitrogen and oxygen atoms in total. The van der Waals surface area contributed by atoms with E-state index in [1.165, 1.54) is 11.1 Å². The Balaban J connectivity index is 1.25. The van der Waals surface area contributed by atoms with Crippen LogP contribution in [0.25, 0.3) is 0 Å². The number of carbonyl (C=O) groups is 2. The van der Waals surface area contributed by atoms with Gasteiger partial charge in [0.05, 0.1) is 24.0 Å². The van der Waals surface area contributed by atoms with Crippen LogP contribution in [-0.4, -0.2) is 53.2 Å². The van der Waals surface area contributed by atoms with E-state index in [4.69, 9.17) is 18.9 Å². The van der Waals surface area contributed by atoms with Crippen LogP contribution < -0.4 is 0 Å². The molecule has 196 valence electrons. The van der Waals surface area contributed by atoms with Gasteiger partial charge in [0.1, 0.15) is 24.1 Å². The Morgan fingerprint density at radius 2 is 1.86 bits per heavy atom. The van der Waals surface area contributed by atoms with Crippen LogP contribution in [0.5, 0.6) is 0 Å². The Labute approximate surface area is 212 Å². The number of allylic oxidation sites excluding steroid dienone is 1. The summed E-state index contributed by atoms with van der Waals surface area (Å²) in [5, 5.41) is 9.78. The highest BCUT2D eigenvalue weighted by atomic mass is 16.7. The summed E-state index contributed by atoms with van der Waals surface area (Å²) < 4.78 is 25.8. The van der Waals surface area contributed by atoms with Crippen LogP contribution in [0.15, 0.2) is 23.5 Å². The highest BCUT2D eigenvalue weighted by Crippen LogP contribution is 2.79. The van der Waals surface area contributed by atoms with Crippen molar-refractivity contribution in [2.75, 3.05) is 6.61 Å². The summed E-state index contributed by atoms with van der Waals surface area (Å²) in [5.74, 6) is -0.925. The van der Waals surface area contributed by atoms with Crippen molar-refractivity contribution in [1.82, 2.24) is 0 Å². The minimum absolute atomic E-state index is 0.0257. The van der Waals surface area contributed by atoms with Crippen molar-refractivity contribution in [3.63, 3.8) is 0 Å². The van der Waals surface area contributed by atoms with Gasteiger partial charge in [-0.05, 0) is 61.5 Å². The fraction of sp³-hybridized carbons (Fsp3) is 0.793. The largest absolute Gasteiger partial charge is 0.490 e. The average Bonchev–Trinajstić information content (AvgIpc) is 3.73. The summed E-state index contributed by atoms with van der Waals surface area (Å²) in [4.78, 5) is 25.6. The summed E-state index contributed by atoms with van der Waals surface area (Å²) in [6.07, 6.45) is 6.13. The number of ether oxygens (including phenoxy) is 4. The van der Waals surface area contributed by atoms with Gasteiger partial charge in [0.15, 0.2) is 5.60 Å². The first-order valence-electron chi connectivity index (χ1n) is 14.0. The smallest absolute Gasteiger partial charge is 0.310 e. The van der Waals surface area contributed by atoms with E-state index in [1.54, 1.807) is 0 Å². The molecule has 2 spiro atoms. The average molecular weight is 499 g/mol. The van der Waals surface area contributed by atoms with Crippen LogP contribution in [0.2, 0.25) is 0 Å². The van der Waals surface area contributed by atoms with Gasteiger partial charge in [-0.1, -0.05) is 40.2 Å². The quantitative estimate of drug-likeness (QED) is 0.453. The maximum absolute atomic E-state index is 13.6. The molecule has 10 atom stereocenters. The first kappa shape index (κ1) is 23.3. The lowest BCUT2D eigenvalue weighted by atomic mass is 9.46. The molecule has 0 aromatic rings. The second kappa shape index (κ2) is 7.37. The third-order valence-corrected chi connectivity index (χ3v) is 11.4. The van der Waals surface area contributed by atoms with Crippen molar-refractivity contribution in [3.05, 3.63) is 23.5 Å². The number of hydrogen-bond acceptors (Lipinski definition) is 6. The van der Waals surface area contributed by atoms with Gasteiger partial charge >= 0.3 is 11.9 Å². The predicted octanol–water partition coefficient (Wildman–Crippen LogP) is 4.40. The van der Waals surface area contributed by atoms with Crippen LogP contribution in [0.1, 0.15) is 72.1 Å². The number of carbonyl (C=O) groups excluding carboxylic acids is 1. The molecule has 1 N–H and O–H groups in total. The van der Waals surface area contributed by atoms with Crippen molar-refractivity contribution in [2.45, 2.75) is 102 Å². The van der Waals surface area contributed by atoms with Gasteiger partial charge in [-0.25, -0.2) is 0 Å². The van der Waals surface area contributed by atoms with Gasteiger partial charge < -0.3 is 24.1 Å². The molecule has 0 bridgehead atoms. The molecule has 0 radical (unpaired) electrons. The van der Waals surface area contributed by atoms with Crippen LogP contribution in [-0.2, 0) is 28.5 Å². The van der Waals surface area contributed by atoms with Crippen LogP contribution in [0.4, 0.5) is 0 Å². The third-order valence-electron chi connectivity index (χ3n) is 11.4. The Kier molecular flexibility index (Phi) is 4.77. The van der Waals surface area contributed by atoms with Crippen molar-refractivity contribution in [3.8, 4) is 0 Å². The highest BCUT2D eigenvalue weighted by molar-refractivity contribution is 5.81. The molecule has 0 aromatic heterocycles. The maximum atomic E-state index is 13.6. The molecule has 3 aliphatic heterocycles. The van der Waals surface area contributed by atoms with Gasteiger partial charge in [0.25, 0.3) is 0 Å². The summed E-state index contributed by atoms with van der Waals surface area (Å²) in [5.41, 5.74) is 1.43. The lowest BCUT2D eigenvalue weighted by molar-refractivity contribution is -0.179. The molecule has 4 aliphatic carbocycles. The lowest BCUT2D eigenvalue weighted by Gasteiger charge is -2.55. The first-order chi connectivity index (χ1) is 17.2. The van der Waals surface area contributed by atoms with Gasteiger partial charge in [0.2, 0.25) is 0 Å². The van der Waals surface area contributed by atoms with Gasteiger partial charge in [-0.15, -0.1) is 0 Å². The zero-order valence-corrected chi connectivity index (χ0v) is 21.6. The number of carboxylic acid groups (broad SMARTS) is 1. The van der Waals surface area contributed by atoms with Crippen molar-refractivity contribution < 1.29 is 33.6 Å². The Bertz CT molecular complexity index is 1080. The fourth-order valence-corrected chi connectivity index (χ4v) is 9.45. The molecule has 36 heavy (non-hydrogen) atoms. The molecule has 7 heteroatoms. The number of aliphatic carboxylic acids is 1. The van der Waals surface area contributed by atoms with Crippen molar-refractivity contribution in [2.24, 2.45) is 35.0 Å². The lowest BCUT2D eigenvalue weighted by Crippen LogP contribution is -2.67. The van der Waals surface area contributed by atoms with E-state index < -0.39 is 35.1 Å². The highest BCUT2D eigenvalue weighted by Gasteiger charge is 2.93. The molecule has 0 aromatic carbocycles. The summed E-state index contributed by atoms with van der Waals surface area (Å²) in [6.45, 7) is 11.5. The van der Waals surface area contributed by atoms with Crippen LogP contribution in [0, 0.1) is 35.0 Å². The molecule has 3 saturated carbocycles. The standard InChI is InChI=1S/C29H38O7/c1-14(2)19-11-23-29(36-23)27(4)10-9-16-15(3)33-13-20(16)21(27)12-22-28(29,35-22)24(19)34-26(32)18-8-6-5-7-17(18)25(30)31/h14,17-19,21-24H,3,5-13H2,1-2,4H3,(H,30,31)/t17-,18+,19?,21?,22+,23+,24-,27+,28-,29-/m1/s1. The first-order valence-corrected chi connectivity index (χ1v) is 14.0. The number of hydrogen-bond donors (Lipinski definition) is 1. The minimum atomic E-state index is -0.888. The number of carboxylic acids is 1. The Morgan fingerprint density at radius 3 is 2.58 bits per heavy atom. The topological polar surface area (TPSA) is 97.9 Å². The number of epoxide rings is 2. The number of esters is 1. The Morgan fingerprint density at radius 1 is 1.11 bits per heavy atom. The normalized spacial score (nSPS) is 50.2. The molecular weight excluding hydrogens is 460 g/mol. The molecule has 2 saturated heterocycles. The molecular formula is C29H38O7. The minimum Gasteiger partial charge on any atom is -0.490 e. The van der Waals surface area contributed by atoms with Gasteiger partial charge in [-0.3, -0.25) is 9.59 Å². The molecule has 7 aliphatic rings. The SMILES string of the molecule is C=C1OCC2=C1CC[C@@]1(C)C2C[C@@H]2O[C@@]23[C@H](OC(=O)[C@H]2CCCC[C@H]2C(=O)O)C(C(C)C)C[C@@H]2O[C@@]231. The van der Waals surface area contributed by atoms with E-state index >= 15 is 0 Å². The zero-order valence-electron chi connectivity index (χ0n) is 21.6. The molecule has 7 rings (SSSR count). The molecule has 2 unspecified atom stereocenters. The van der Waals surface area contributed by atoms with Crippen molar-refractivity contribution in [1.29, 1.82) is 0 Å². The van der Waals surface area contributed by atoms with E-state index in [-0.39, 0.29) is 29.5 Å². The number of rotatable bonds is 4. The van der Waals surface area contributed by atoms with E-state index in [1.807, 2.05) is 0 Å². The van der Waals surface area contributed by atoms with Crippen LogP contribution in [0.3, 0.4) is 0 Å². The molecule has 0 amide bonds. The van der Waals surface area contributed by atoms with Gasteiger partial charge in [-0.2, -0.15) is 0 Å². The van der Waals surface area contributed by atoms with Crippen LogP contribution >= 0.6 is 0 Å². The molecule has 3 heterocycles. The second-order valence-electron chi connectivity index (χ2n) is 13.0. The van der Waals surface area contributed by atoms with E-state index in [0.29, 0.717) is 31.3 Å². The monoisotopic (exact) mass is 498 g/mol. The van der Waals surface area contributed by atoms with Gasteiger partial charge in [0, 0.05) is 11.3 Å². The number of fused-ring (bicyclic) bond motifs is 2. The van der Waals surface area contributed by atoms with Crippen molar-refractivity contribution >= 4 is 11.9 Å². The Hall–Kier alpha value is -1.86.